The van der Waals surface area contributed by atoms with Gasteiger partial charge in [0.2, 0.25) is 0 Å². The van der Waals surface area contributed by atoms with Crippen molar-refractivity contribution >= 4 is 0 Å². The molecule has 114 valence electrons. The fraction of sp³-hybridized carbons (Fsp3) is 0.500. The Hall–Kier alpha value is -1.88. The molecular formula is C16H24N4O. The van der Waals surface area contributed by atoms with Gasteiger partial charge in [0.1, 0.15) is 0 Å². The number of pyridine rings is 1. The molecule has 0 radical (unpaired) electrons. The molecule has 0 aromatic carbocycles. The van der Waals surface area contributed by atoms with E-state index >= 15 is 0 Å². The van der Waals surface area contributed by atoms with Crippen molar-refractivity contribution in [3.63, 3.8) is 0 Å². The van der Waals surface area contributed by atoms with Crippen molar-refractivity contribution in [3.8, 4) is 5.75 Å². The van der Waals surface area contributed by atoms with Crippen molar-refractivity contribution in [3.05, 3.63) is 42.0 Å². The number of nitrogens with one attached hydrogen (secondary N) is 1. The summed E-state index contributed by atoms with van der Waals surface area (Å²) in [6.07, 6.45) is 8.54. The highest BCUT2D eigenvalue weighted by Gasteiger charge is 2.20. The van der Waals surface area contributed by atoms with Crippen LogP contribution in [0.2, 0.25) is 0 Å². The van der Waals surface area contributed by atoms with Gasteiger partial charge in [0.15, 0.2) is 5.75 Å². The minimum absolute atomic E-state index is 0.217. The molecule has 0 amide bonds. The molecule has 0 aliphatic heterocycles. The van der Waals surface area contributed by atoms with Crippen LogP contribution in [0, 0.1) is 0 Å². The third kappa shape index (κ3) is 3.82. The lowest BCUT2D eigenvalue weighted by Crippen LogP contribution is -2.22. The highest BCUT2D eigenvalue weighted by atomic mass is 16.5. The Labute approximate surface area is 126 Å². The van der Waals surface area contributed by atoms with E-state index in [9.17, 15) is 0 Å². The lowest BCUT2D eigenvalue weighted by Gasteiger charge is -2.19. The number of hydrogen-bond donors (Lipinski definition) is 1. The average molecular weight is 288 g/mol. The van der Waals surface area contributed by atoms with Crippen molar-refractivity contribution < 1.29 is 4.74 Å². The number of methoxy groups -OCH3 is 1. The molecule has 0 bridgehead atoms. The first-order chi connectivity index (χ1) is 10.3. The number of aryl methyl sites for hydroxylation is 2. The molecule has 2 aromatic rings. The summed E-state index contributed by atoms with van der Waals surface area (Å²) in [6, 6.07) is 4.31. The monoisotopic (exact) mass is 288 g/mol. The molecule has 1 atom stereocenters. The molecule has 0 spiro atoms. The Kier molecular flexibility index (Phi) is 5.75. The summed E-state index contributed by atoms with van der Waals surface area (Å²) < 4.78 is 7.52. The summed E-state index contributed by atoms with van der Waals surface area (Å²) in [5.41, 5.74) is 2.38. The maximum absolute atomic E-state index is 5.47. The van der Waals surface area contributed by atoms with Gasteiger partial charge < -0.3 is 10.1 Å². The van der Waals surface area contributed by atoms with Crippen molar-refractivity contribution in [2.24, 2.45) is 0 Å². The van der Waals surface area contributed by atoms with Crippen LogP contribution in [0.1, 0.15) is 37.1 Å². The quantitative estimate of drug-likeness (QED) is 0.811. The topological polar surface area (TPSA) is 52.0 Å². The molecule has 5 nitrogen and oxygen atoms in total. The van der Waals surface area contributed by atoms with Gasteiger partial charge in [-0.3, -0.25) is 9.67 Å². The second-order valence-electron chi connectivity index (χ2n) is 5.06. The zero-order valence-electron chi connectivity index (χ0n) is 13.0. The van der Waals surface area contributed by atoms with E-state index in [4.69, 9.17) is 4.74 Å². The van der Waals surface area contributed by atoms with E-state index in [1.54, 1.807) is 19.5 Å². The predicted molar refractivity (Wildman–Crippen MR) is 83.4 cm³/mol. The van der Waals surface area contributed by atoms with E-state index in [0.29, 0.717) is 0 Å². The molecule has 0 aliphatic carbocycles. The van der Waals surface area contributed by atoms with Crippen LogP contribution in [0.15, 0.2) is 30.7 Å². The lowest BCUT2D eigenvalue weighted by molar-refractivity contribution is 0.389. The number of ether oxygens (including phenoxy) is 1. The largest absolute Gasteiger partial charge is 0.493 e. The summed E-state index contributed by atoms with van der Waals surface area (Å²) in [7, 11) is 3.68. The standard InChI is InChI=1S/C16H24N4O/c1-4-10-20-16(15(21-3)12-19-20)14(17-2)8-7-13-6-5-9-18-11-13/h5-6,9,11-12,14,17H,4,7-8,10H2,1-3H3. The van der Waals surface area contributed by atoms with Gasteiger partial charge in [0.25, 0.3) is 0 Å². The third-order valence-electron chi connectivity index (χ3n) is 3.62. The minimum Gasteiger partial charge on any atom is -0.493 e. The van der Waals surface area contributed by atoms with Crippen LogP contribution in [0.4, 0.5) is 0 Å². The smallest absolute Gasteiger partial charge is 0.161 e. The van der Waals surface area contributed by atoms with E-state index in [2.05, 4.69) is 28.4 Å². The number of rotatable bonds is 8. The van der Waals surface area contributed by atoms with Gasteiger partial charge in [0.05, 0.1) is 25.0 Å². The van der Waals surface area contributed by atoms with Crippen LogP contribution >= 0.6 is 0 Å². The second kappa shape index (κ2) is 7.78. The predicted octanol–water partition coefficient (Wildman–Crippen LogP) is 2.59. The van der Waals surface area contributed by atoms with Crippen molar-refractivity contribution in [2.45, 2.75) is 38.8 Å². The van der Waals surface area contributed by atoms with Crippen LogP contribution < -0.4 is 10.1 Å². The van der Waals surface area contributed by atoms with Gasteiger partial charge in [-0.15, -0.1) is 0 Å². The van der Waals surface area contributed by atoms with E-state index in [1.165, 1.54) is 5.56 Å². The first-order valence-electron chi connectivity index (χ1n) is 7.46. The number of hydrogen-bond acceptors (Lipinski definition) is 4. The van der Waals surface area contributed by atoms with Crippen molar-refractivity contribution in [1.82, 2.24) is 20.1 Å². The lowest BCUT2D eigenvalue weighted by atomic mass is 10.0. The van der Waals surface area contributed by atoms with Crippen LogP contribution in [0.5, 0.6) is 5.75 Å². The van der Waals surface area contributed by atoms with Crippen LogP contribution in [0.25, 0.3) is 0 Å². The van der Waals surface area contributed by atoms with Crippen LogP contribution in [0.3, 0.4) is 0 Å². The van der Waals surface area contributed by atoms with E-state index in [0.717, 1.165) is 37.3 Å². The zero-order chi connectivity index (χ0) is 15.1. The fourth-order valence-corrected chi connectivity index (χ4v) is 2.55. The van der Waals surface area contributed by atoms with Gasteiger partial charge in [-0.1, -0.05) is 13.0 Å². The SMILES string of the molecule is CCCn1ncc(OC)c1C(CCc1cccnc1)NC. The maximum atomic E-state index is 5.47. The first kappa shape index (κ1) is 15.5. The average Bonchev–Trinajstić information content (AvgIpc) is 2.92. The molecule has 0 fully saturated rings. The molecule has 0 saturated carbocycles. The molecule has 2 aromatic heterocycles. The van der Waals surface area contributed by atoms with Gasteiger partial charge in [-0.2, -0.15) is 5.10 Å². The molecule has 5 heteroatoms. The van der Waals surface area contributed by atoms with Gasteiger partial charge in [-0.25, -0.2) is 0 Å². The molecule has 0 aliphatic rings. The van der Waals surface area contributed by atoms with Gasteiger partial charge >= 0.3 is 0 Å². The molecule has 1 unspecified atom stereocenters. The van der Waals surface area contributed by atoms with E-state index < -0.39 is 0 Å². The van der Waals surface area contributed by atoms with Gasteiger partial charge in [-0.05, 0) is 37.9 Å². The normalized spacial score (nSPS) is 12.3. The number of nitrogens with zero attached hydrogens (tertiary/aromatic N) is 3. The van der Waals surface area contributed by atoms with E-state index in [1.807, 2.05) is 24.0 Å². The Morgan fingerprint density at radius 3 is 2.86 bits per heavy atom. The van der Waals surface area contributed by atoms with Gasteiger partial charge in [0, 0.05) is 18.9 Å². The summed E-state index contributed by atoms with van der Waals surface area (Å²) in [4.78, 5) is 4.17. The minimum atomic E-state index is 0.217. The van der Waals surface area contributed by atoms with E-state index in [-0.39, 0.29) is 6.04 Å². The highest BCUT2D eigenvalue weighted by molar-refractivity contribution is 5.28. The Morgan fingerprint density at radius 2 is 2.24 bits per heavy atom. The van der Waals surface area contributed by atoms with Crippen molar-refractivity contribution in [2.75, 3.05) is 14.2 Å². The first-order valence-corrected chi connectivity index (χ1v) is 7.46. The van der Waals surface area contributed by atoms with Crippen LogP contribution in [-0.4, -0.2) is 28.9 Å². The Balaban J connectivity index is 2.14. The molecule has 1 N–H and O–H groups in total. The van der Waals surface area contributed by atoms with Crippen LogP contribution in [-0.2, 0) is 13.0 Å². The maximum Gasteiger partial charge on any atom is 0.161 e. The highest BCUT2D eigenvalue weighted by Crippen LogP contribution is 2.28. The molecular weight excluding hydrogens is 264 g/mol. The molecule has 21 heavy (non-hydrogen) atoms. The summed E-state index contributed by atoms with van der Waals surface area (Å²) in [5, 5.41) is 7.83. The molecule has 2 rings (SSSR count). The molecule has 0 saturated heterocycles. The Bertz CT molecular complexity index is 538. The van der Waals surface area contributed by atoms with Crippen molar-refractivity contribution in [1.29, 1.82) is 0 Å². The summed E-state index contributed by atoms with van der Waals surface area (Å²) in [6.45, 7) is 3.06. The number of aromatic nitrogens is 3. The summed E-state index contributed by atoms with van der Waals surface area (Å²) >= 11 is 0. The zero-order valence-corrected chi connectivity index (χ0v) is 13.0. The molecule has 2 heterocycles. The summed E-state index contributed by atoms with van der Waals surface area (Å²) in [5.74, 6) is 0.856. The fourth-order valence-electron chi connectivity index (χ4n) is 2.55. The second-order valence-corrected chi connectivity index (χ2v) is 5.06. The third-order valence-corrected chi connectivity index (χ3v) is 3.62. The Morgan fingerprint density at radius 1 is 1.38 bits per heavy atom.